The second-order valence-electron chi connectivity index (χ2n) is 5.94. The van der Waals surface area contributed by atoms with Crippen LogP contribution in [-0.2, 0) is 6.54 Å². The van der Waals surface area contributed by atoms with Gasteiger partial charge in [-0.3, -0.25) is 10.1 Å². The Hall–Kier alpha value is -1.17. The lowest BCUT2D eigenvalue weighted by Crippen LogP contribution is -2.34. The molecule has 5 nitrogen and oxygen atoms in total. The topological polar surface area (TPSA) is 58.4 Å². The zero-order valence-corrected chi connectivity index (χ0v) is 12.6. The highest BCUT2D eigenvalue weighted by atomic mass is 35.5. The largest absolute Gasteiger partial charge is 0.316 e. The fourth-order valence-electron chi connectivity index (χ4n) is 2.80. The maximum atomic E-state index is 10.8. The van der Waals surface area contributed by atoms with E-state index in [9.17, 15) is 10.1 Å². The third-order valence-electron chi connectivity index (χ3n) is 3.79. The van der Waals surface area contributed by atoms with Gasteiger partial charge in [0.25, 0.3) is 5.69 Å². The summed E-state index contributed by atoms with van der Waals surface area (Å²) in [5.74, 6) is 0. The third-order valence-corrected chi connectivity index (χ3v) is 4.16. The standard InChI is InChI=1S/C14H20ClN3O2/c1-14(5-6-16-9-14)10-17(2)8-11-7-12(18(19)20)3-4-13(11)15/h3-4,7,16H,5-6,8-10H2,1-2H3. The molecule has 1 unspecified atom stereocenters. The van der Waals surface area contributed by atoms with Crippen LogP contribution in [-0.4, -0.2) is 36.5 Å². The number of benzene rings is 1. The Morgan fingerprint density at radius 3 is 2.90 bits per heavy atom. The average molecular weight is 298 g/mol. The Morgan fingerprint density at radius 1 is 1.55 bits per heavy atom. The summed E-state index contributed by atoms with van der Waals surface area (Å²) in [6, 6.07) is 4.60. The van der Waals surface area contributed by atoms with Gasteiger partial charge in [-0.2, -0.15) is 0 Å². The lowest BCUT2D eigenvalue weighted by atomic mass is 9.89. The van der Waals surface area contributed by atoms with Crippen LogP contribution in [0, 0.1) is 15.5 Å². The molecule has 0 spiro atoms. The van der Waals surface area contributed by atoms with Crippen molar-refractivity contribution in [3.63, 3.8) is 0 Å². The molecule has 20 heavy (non-hydrogen) atoms. The first-order valence-electron chi connectivity index (χ1n) is 6.72. The van der Waals surface area contributed by atoms with E-state index in [0.29, 0.717) is 11.6 Å². The summed E-state index contributed by atoms with van der Waals surface area (Å²) >= 11 is 6.13. The fourth-order valence-corrected chi connectivity index (χ4v) is 2.98. The maximum Gasteiger partial charge on any atom is 0.269 e. The third kappa shape index (κ3) is 3.69. The zero-order chi connectivity index (χ0) is 14.8. The zero-order valence-electron chi connectivity index (χ0n) is 11.9. The van der Waals surface area contributed by atoms with Crippen LogP contribution in [0.2, 0.25) is 5.02 Å². The van der Waals surface area contributed by atoms with Crippen LogP contribution in [0.25, 0.3) is 0 Å². The van der Waals surface area contributed by atoms with Gasteiger partial charge in [-0.05, 0) is 37.1 Å². The number of non-ortho nitro benzene ring substituents is 1. The predicted molar refractivity (Wildman–Crippen MR) is 80.0 cm³/mol. The molecule has 1 saturated heterocycles. The number of nitro benzene ring substituents is 1. The van der Waals surface area contributed by atoms with Gasteiger partial charge in [-0.25, -0.2) is 0 Å². The predicted octanol–water partition coefficient (Wildman–Crippen LogP) is 2.68. The Labute approximate surface area is 124 Å². The summed E-state index contributed by atoms with van der Waals surface area (Å²) in [6.07, 6.45) is 1.15. The van der Waals surface area contributed by atoms with Crippen LogP contribution in [0.15, 0.2) is 18.2 Å². The minimum Gasteiger partial charge on any atom is -0.316 e. The first-order chi connectivity index (χ1) is 9.39. The maximum absolute atomic E-state index is 10.8. The SMILES string of the molecule is CN(Cc1cc([N+](=O)[O-])ccc1Cl)CC1(C)CCNC1. The van der Waals surface area contributed by atoms with Crippen molar-refractivity contribution in [2.75, 3.05) is 26.7 Å². The smallest absolute Gasteiger partial charge is 0.269 e. The molecule has 110 valence electrons. The van der Waals surface area contributed by atoms with Gasteiger partial charge in [0.1, 0.15) is 0 Å². The number of nitro groups is 1. The van der Waals surface area contributed by atoms with Gasteiger partial charge in [-0.15, -0.1) is 0 Å². The van der Waals surface area contributed by atoms with E-state index in [1.807, 2.05) is 7.05 Å². The van der Waals surface area contributed by atoms with Crippen molar-refractivity contribution in [2.24, 2.45) is 5.41 Å². The molecule has 1 fully saturated rings. The van der Waals surface area contributed by atoms with E-state index in [0.717, 1.165) is 31.6 Å². The van der Waals surface area contributed by atoms with E-state index < -0.39 is 0 Å². The van der Waals surface area contributed by atoms with Crippen LogP contribution in [0.5, 0.6) is 0 Å². The van der Waals surface area contributed by atoms with E-state index in [1.54, 1.807) is 12.1 Å². The molecule has 1 aromatic rings. The highest BCUT2D eigenvalue weighted by Gasteiger charge is 2.29. The van der Waals surface area contributed by atoms with E-state index >= 15 is 0 Å². The van der Waals surface area contributed by atoms with Crippen molar-refractivity contribution in [1.29, 1.82) is 0 Å². The number of rotatable bonds is 5. The average Bonchev–Trinajstić information content (AvgIpc) is 2.78. The minimum absolute atomic E-state index is 0.0894. The highest BCUT2D eigenvalue weighted by molar-refractivity contribution is 6.31. The minimum atomic E-state index is -0.387. The Morgan fingerprint density at radius 2 is 2.30 bits per heavy atom. The second-order valence-corrected chi connectivity index (χ2v) is 6.35. The Kier molecular flexibility index (Phi) is 4.62. The van der Waals surface area contributed by atoms with Crippen LogP contribution < -0.4 is 5.32 Å². The molecule has 0 aromatic heterocycles. The quantitative estimate of drug-likeness (QED) is 0.670. The van der Waals surface area contributed by atoms with E-state index in [-0.39, 0.29) is 16.0 Å². The van der Waals surface area contributed by atoms with Crippen LogP contribution >= 0.6 is 11.6 Å². The number of nitrogens with one attached hydrogen (secondary N) is 1. The molecule has 0 saturated carbocycles. The number of hydrogen-bond donors (Lipinski definition) is 1. The van der Waals surface area contributed by atoms with Gasteiger partial charge in [0, 0.05) is 36.8 Å². The normalized spacial score (nSPS) is 22.4. The summed E-state index contributed by atoms with van der Waals surface area (Å²) in [4.78, 5) is 12.6. The van der Waals surface area contributed by atoms with Gasteiger partial charge < -0.3 is 10.2 Å². The summed E-state index contributed by atoms with van der Waals surface area (Å²) in [5.41, 5.74) is 1.16. The molecule has 2 rings (SSSR count). The molecule has 1 aliphatic rings. The first kappa shape index (κ1) is 15.2. The summed E-state index contributed by atoms with van der Waals surface area (Å²) < 4.78 is 0. The van der Waals surface area contributed by atoms with Crippen molar-refractivity contribution in [3.05, 3.63) is 38.9 Å². The fraction of sp³-hybridized carbons (Fsp3) is 0.571. The summed E-state index contributed by atoms with van der Waals surface area (Å²) in [5, 5.41) is 14.8. The number of halogens is 1. The van der Waals surface area contributed by atoms with Gasteiger partial charge in [-0.1, -0.05) is 18.5 Å². The molecular formula is C14H20ClN3O2. The van der Waals surface area contributed by atoms with Crippen LogP contribution in [0.3, 0.4) is 0 Å². The molecule has 1 aliphatic heterocycles. The molecule has 1 N–H and O–H groups in total. The Balaban J connectivity index is 2.05. The molecule has 1 aromatic carbocycles. The van der Waals surface area contributed by atoms with Gasteiger partial charge in [0.15, 0.2) is 0 Å². The summed E-state index contributed by atoms with van der Waals surface area (Å²) in [7, 11) is 2.03. The molecule has 0 amide bonds. The van der Waals surface area contributed by atoms with Crippen molar-refractivity contribution in [3.8, 4) is 0 Å². The molecule has 1 heterocycles. The van der Waals surface area contributed by atoms with Gasteiger partial charge >= 0.3 is 0 Å². The second kappa shape index (κ2) is 6.08. The molecule has 1 atom stereocenters. The van der Waals surface area contributed by atoms with Crippen LogP contribution in [0.1, 0.15) is 18.9 Å². The molecule has 0 aliphatic carbocycles. The highest BCUT2D eigenvalue weighted by Crippen LogP contribution is 2.27. The number of nitrogens with zero attached hydrogens (tertiary/aromatic N) is 2. The van der Waals surface area contributed by atoms with Crippen molar-refractivity contribution in [1.82, 2.24) is 10.2 Å². The first-order valence-corrected chi connectivity index (χ1v) is 7.09. The van der Waals surface area contributed by atoms with E-state index in [4.69, 9.17) is 11.6 Å². The molecule has 0 bridgehead atoms. The van der Waals surface area contributed by atoms with E-state index in [1.165, 1.54) is 6.07 Å². The lowest BCUT2D eigenvalue weighted by molar-refractivity contribution is -0.384. The molecular weight excluding hydrogens is 278 g/mol. The van der Waals surface area contributed by atoms with Crippen molar-refractivity contribution >= 4 is 17.3 Å². The van der Waals surface area contributed by atoms with E-state index in [2.05, 4.69) is 17.1 Å². The van der Waals surface area contributed by atoms with Crippen molar-refractivity contribution < 1.29 is 4.92 Å². The van der Waals surface area contributed by atoms with Crippen LogP contribution in [0.4, 0.5) is 5.69 Å². The molecule has 0 radical (unpaired) electrons. The number of hydrogen-bond acceptors (Lipinski definition) is 4. The van der Waals surface area contributed by atoms with Crippen molar-refractivity contribution in [2.45, 2.75) is 19.9 Å². The molecule has 6 heteroatoms. The van der Waals surface area contributed by atoms with Gasteiger partial charge in [0.05, 0.1) is 4.92 Å². The summed E-state index contributed by atoms with van der Waals surface area (Å²) in [6.45, 7) is 5.90. The monoisotopic (exact) mass is 297 g/mol. The lowest BCUT2D eigenvalue weighted by Gasteiger charge is -2.29. The van der Waals surface area contributed by atoms with Gasteiger partial charge in [0.2, 0.25) is 0 Å². The Bertz CT molecular complexity index is 501.